The highest BCUT2D eigenvalue weighted by Crippen LogP contribution is 2.20. The highest BCUT2D eigenvalue weighted by Gasteiger charge is 2.12. The minimum absolute atomic E-state index is 0.181. The summed E-state index contributed by atoms with van der Waals surface area (Å²) in [6, 6.07) is 0. The topological polar surface area (TPSA) is 79.1 Å². The van der Waals surface area contributed by atoms with Crippen LogP contribution in [0.2, 0.25) is 0 Å². The first-order valence-corrected chi connectivity index (χ1v) is 6.22. The number of anilines is 2. The lowest BCUT2D eigenvalue weighted by atomic mass is 10.1. The summed E-state index contributed by atoms with van der Waals surface area (Å²) in [5, 5.41) is 0.181. The van der Waals surface area contributed by atoms with Gasteiger partial charge in [0.15, 0.2) is 10.9 Å². The van der Waals surface area contributed by atoms with E-state index in [4.69, 9.17) is 18.0 Å². The lowest BCUT2D eigenvalue weighted by Gasteiger charge is -2.17. The van der Waals surface area contributed by atoms with Crippen LogP contribution in [-0.2, 0) is 6.42 Å². The molecule has 0 amide bonds. The van der Waals surface area contributed by atoms with Gasteiger partial charge in [0.05, 0.1) is 0 Å². The van der Waals surface area contributed by atoms with Crippen LogP contribution >= 0.6 is 12.2 Å². The number of hydrogen-bond donors (Lipinski definition) is 3. The molecule has 1 aromatic heterocycles. The van der Waals surface area contributed by atoms with E-state index >= 15 is 0 Å². The molecule has 0 fully saturated rings. The van der Waals surface area contributed by atoms with Crippen LogP contribution in [0.15, 0.2) is 0 Å². The third-order valence-corrected chi connectivity index (χ3v) is 2.51. The maximum absolute atomic E-state index is 5.40. The van der Waals surface area contributed by atoms with Gasteiger partial charge in [0.2, 0.25) is 5.95 Å². The number of aromatic nitrogens is 2. The lowest BCUT2D eigenvalue weighted by molar-refractivity contribution is 0.866. The summed E-state index contributed by atoms with van der Waals surface area (Å²) in [4.78, 5) is 10.8. The Labute approximate surface area is 113 Å². The van der Waals surface area contributed by atoms with E-state index in [-0.39, 0.29) is 5.11 Å². The summed E-state index contributed by atoms with van der Waals surface area (Å²) in [7, 11) is 3.80. The van der Waals surface area contributed by atoms with Crippen LogP contribution in [0.4, 0.5) is 11.8 Å². The van der Waals surface area contributed by atoms with Gasteiger partial charge in [0, 0.05) is 25.4 Å². The number of nitrogens with two attached hydrogens (primary N) is 1. The van der Waals surface area contributed by atoms with Gasteiger partial charge in [0.25, 0.3) is 0 Å². The molecule has 0 aliphatic rings. The minimum Gasteiger partial charge on any atom is -0.375 e. The van der Waals surface area contributed by atoms with E-state index in [2.05, 4.69) is 27.7 Å². The first-order chi connectivity index (χ1) is 8.45. The average Bonchev–Trinajstić information content (AvgIpc) is 2.29. The molecular weight excluding hydrogens is 248 g/mol. The zero-order chi connectivity index (χ0) is 13.7. The van der Waals surface area contributed by atoms with Crippen LogP contribution in [0.25, 0.3) is 0 Å². The number of hydrazine groups is 1. The van der Waals surface area contributed by atoms with Crippen LogP contribution in [0.3, 0.4) is 0 Å². The fraction of sp³-hybridized carbons (Fsp3) is 0.545. The van der Waals surface area contributed by atoms with Crippen molar-refractivity contribution in [2.75, 3.05) is 24.4 Å². The van der Waals surface area contributed by atoms with Gasteiger partial charge in [0.1, 0.15) is 0 Å². The monoisotopic (exact) mass is 268 g/mol. The Morgan fingerprint density at radius 3 is 2.56 bits per heavy atom. The molecule has 0 saturated carbocycles. The largest absolute Gasteiger partial charge is 0.375 e. The molecule has 0 atom stereocenters. The Bertz CT molecular complexity index is 432. The molecule has 0 aliphatic heterocycles. The highest BCUT2D eigenvalue weighted by atomic mass is 32.1. The minimum atomic E-state index is 0.181. The van der Waals surface area contributed by atoms with E-state index in [1.807, 2.05) is 25.9 Å². The number of hydrogen-bond acceptors (Lipinski definition) is 5. The molecule has 1 rings (SSSR count). The third-order valence-electron chi connectivity index (χ3n) is 2.41. The molecule has 4 N–H and O–H groups in total. The molecule has 1 heterocycles. The number of rotatable bonds is 5. The second-order valence-corrected chi connectivity index (χ2v) is 4.63. The quantitative estimate of drug-likeness (QED) is 0.542. The lowest BCUT2D eigenvalue weighted by Crippen LogP contribution is -2.35. The number of nitrogens with zero attached hydrogens (tertiary/aromatic N) is 3. The van der Waals surface area contributed by atoms with E-state index in [1.165, 1.54) is 0 Å². The first kappa shape index (κ1) is 14.4. The Morgan fingerprint density at radius 2 is 2.06 bits per heavy atom. The first-order valence-electron chi connectivity index (χ1n) is 5.82. The molecule has 1 aromatic rings. The Kier molecular flexibility index (Phi) is 5.08. The summed E-state index contributed by atoms with van der Waals surface area (Å²) >= 11 is 4.77. The molecule has 100 valence electrons. The maximum Gasteiger partial charge on any atom is 0.227 e. The second-order valence-electron chi connectivity index (χ2n) is 4.19. The summed E-state index contributed by atoms with van der Waals surface area (Å²) in [6.07, 6.45) is 1.92. The fourth-order valence-electron chi connectivity index (χ4n) is 1.55. The number of nitrogens with one attached hydrogen (secondary N) is 2. The molecular formula is C11H20N6S. The number of thiocarbonyl (C=S) groups is 1. The van der Waals surface area contributed by atoms with Gasteiger partial charge in [-0.3, -0.25) is 10.9 Å². The molecule has 6 nitrogen and oxygen atoms in total. The molecule has 0 unspecified atom stereocenters. The predicted molar refractivity (Wildman–Crippen MR) is 78.6 cm³/mol. The van der Waals surface area contributed by atoms with Gasteiger partial charge in [-0.1, -0.05) is 13.3 Å². The van der Waals surface area contributed by atoms with Crippen molar-refractivity contribution in [2.45, 2.75) is 26.7 Å². The molecule has 0 spiro atoms. The third kappa shape index (κ3) is 3.69. The van der Waals surface area contributed by atoms with E-state index in [9.17, 15) is 0 Å². The van der Waals surface area contributed by atoms with Gasteiger partial charge in [-0.2, -0.15) is 4.98 Å². The molecule has 0 saturated heterocycles. The molecule has 18 heavy (non-hydrogen) atoms. The van der Waals surface area contributed by atoms with Crippen LogP contribution < -0.4 is 21.5 Å². The summed E-state index contributed by atoms with van der Waals surface area (Å²) in [6.45, 7) is 4.09. The van der Waals surface area contributed by atoms with Crippen molar-refractivity contribution in [1.82, 2.24) is 15.4 Å². The van der Waals surface area contributed by atoms with Crippen molar-refractivity contribution in [1.29, 1.82) is 0 Å². The van der Waals surface area contributed by atoms with Crippen molar-refractivity contribution < 1.29 is 0 Å². The van der Waals surface area contributed by atoms with Crippen molar-refractivity contribution in [2.24, 2.45) is 5.73 Å². The van der Waals surface area contributed by atoms with Crippen molar-refractivity contribution in [3.8, 4) is 0 Å². The average molecular weight is 268 g/mol. The van der Waals surface area contributed by atoms with E-state index < -0.39 is 0 Å². The number of aryl methyl sites for hydroxylation is 1. The Hall–Kier alpha value is -1.63. The van der Waals surface area contributed by atoms with Crippen molar-refractivity contribution >= 4 is 29.1 Å². The summed E-state index contributed by atoms with van der Waals surface area (Å²) in [5.41, 5.74) is 13.1. The SMILES string of the molecule is CCCc1c(C)nc(N(C)C)nc1NNC(N)=S. The standard InChI is InChI=1S/C11H20N6S/c1-5-6-8-7(2)13-11(17(3)4)14-9(8)15-16-10(12)18/h5-6H2,1-4H3,(H3,12,16,18)(H,13,14,15). The fourth-order valence-corrected chi connectivity index (χ4v) is 1.61. The smallest absolute Gasteiger partial charge is 0.227 e. The molecule has 0 aromatic carbocycles. The van der Waals surface area contributed by atoms with Crippen LogP contribution in [-0.4, -0.2) is 29.2 Å². The normalized spacial score (nSPS) is 10.0. The second kappa shape index (κ2) is 6.34. The van der Waals surface area contributed by atoms with Gasteiger partial charge < -0.3 is 10.6 Å². The maximum atomic E-state index is 5.40. The van der Waals surface area contributed by atoms with Crippen LogP contribution in [0, 0.1) is 6.92 Å². The van der Waals surface area contributed by atoms with Gasteiger partial charge >= 0.3 is 0 Å². The van der Waals surface area contributed by atoms with Gasteiger partial charge in [-0.25, -0.2) is 4.98 Å². The molecule has 0 bridgehead atoms. The van der Waals surface area contributed by atoms with Crippen LogP contribution in [0.1, 0.15) is 24.6 Å². The van der Waals surface area contributed by atoms with Crippen molar-refractivity contribution in [3.63, 3.8) is 0 Å². The molecule has 7 heteroatoms. The summed E-state index contributed by atoms with van der Waals surface area (Å²) in [5.74, 6) is 1.38. The van der Waals surface area contributed by atoms with E-state index in [0.717, 1.165) is 29.9 Å². The summed E-state index contributed by atoms with van der Waals surface area (Å²) < 4.78 is 0. The van der Waals surface area contributed by atoms with Gasteiger partial charge in [-0.15, -0.1) is 0 Å². The highest BCUT2D eigenvalue weighted by molar-refractivity contribution is 7.80. The van der Waals surface area contributed by atoms with Crippen LogP contribution in [0.5, 0.6) is 0 Å². The molecule has 0 aliphatic carbocycles. The van der Waals surface area contributed by atoms with Gasteiger partial charge in [-0.05, 0) is 25.6 Å². The van der Waals surface area contributed by atoms with E-state index in [0.29, 0.717) is 5.95 Å². The molecule has 0 radical (unpaired) electrons. The predicted octanol–water partition coefficient (Wildman–Crippen LogP) is 0.964. The Morgan fingerprint density at radius 1 is 1.39 bits per heavy atom. The zero-order valence-corrected chi connectivity index (χ0v) is 12.1. The van der Waals surface area contributed by atoms with E-state index in [1.54, 1.807) is 0 Å². The zero-order valence-electron chi connectivity index (χ0n) is 11.2. The Balaban J connectivity index is 3.11. The van der Waals surface area contributed by atoms with Crippen molar-refractivity contribution in [3.05, 3.63) is 11.3 Å².